The minimum absolute atomic E-state index is 0.0941. The summed E-state index contributed by atoms with van der Waals surface area (Å²) in [5.41, 5.74) is 0.575. The van der Waals surface area contributed by atoms with Crippen molar-refractivity contribution in [2.75, 3.05) is 44.9 Å². The Bertz CT molecular complexity index is 655. The Labute approximate surface area is 134 Å². The van der Waals surface area contributed by atoms with Crippen molar-refractivity contribution in [3.63, 3.8) is 0 Å². The number of quaternary nitrogens is 2. The molecule has 122 valence electrons. The van der Waals surface area contributed by atoms with Crippen LogP contribution in [0.2, 0.25) is 0 Å². The monoisotopic (exact) mass is 319 g/mol. The number of anilines is 1. The summed E-state index contributed by atoms with van der Waals surface area (Å²) in [6.45, 7) is 4.13. The van der Waals surface area contributed by atoms with E-state index in [1.807, 2.05) is 0 Å². The van der Waals surface area contributed by atoms with Gasteiger partial charge in [-0.05, 0) is 12.1 Å². The van der Waals surface area contributed by atoms with Crippen molar-refractivity contribution in [2.45, 2.75) is 12.5 Å². The van der Waals surface area contributed by atoms with E-state index in [0.29, 0.717) is 23.6 Å². The minimum Gasteiger partial charge on any atom is -0.454 e. The van der Waals surface area contributed by atoms with Crippen LogP contribution in [0.4, 0.5) is 5.69 Å². The summed E-state index contributed by atoms with van der Waals surface area (Å²) in [6, 6.07) is 4.96. The number of hydrogen-bond donors (Lipinski definition) is 2. The first-order valence-corrected chi connectivity index (χ1v) is 8.06. The van der Waals surface area contributed by atoms with E-state index in [0.717, 1.165) is 26.2 Å². The summed E-state index contributed by atoms with van der Waals surface area (Å²) >= 11 is 0. The fourth-order valence-electron chi connectivity index (χ4n) is 3.59. The van der Waals surface area contributed by atoms with Gasteiger partial charge in [0.2, 0.25) is 12.7 Å². The molecule has 7 heteroatoms. The number of fused-ring (bicyclic) bond motifs is 1. The second-order valence-electron chi connectivity index (χ2n) is 6.48. The number of imide groups is 1. The third kappa shape index (κ3) is 2.46. The summed E-state index contributed by atoms with van der Waals surface area (Å²) in [5.74, 6) is 1.01. The normalized spacial score (nSPS) is 30.1. The molecule has 0 bridgehead atoms. The van der Waals surface area contributed by atoms with Crippen molar-refractivity contribution < 1.29 is 28.9 Å². The molecule has 0 aromatic heterocycles. The average molecular weight is 319 g/mol. The highest BCUT2D eigenvalue weighted by Crippen LogP contribution is 2.36. The number of ether oxygens (including phenoxy) is 2. The SMILES string of the molecule is C[NH+]1CC[NH+]([C@H]2CC(=O)N(c3ccc4c(c3)OCO4)C2=O)CC1. The van der Waals surface area contributed by atoms with Crippen molar-refractivity contribution >= 4 is 17.5 Å². The number of hydrogen-bond acceptors (Lipinski definition) is 4. The highest BCUT2D eigenvalue weighted by molar-refractivity contribution is 6.22. The van der Waals surface area contributed by atoms with Gasteiger partial charge in [0.25, 0.3) is 5.91 Å². The van der Waals surface area contributed by atoms with Gasteiger partial charge in [-0.15, -0.1) is 0 Å². The predicted octanol–water partition coefficient (Wildman–Crippen LogP) is -2.54. The first-order valence-electron chi connectivity index (χ1n) is 8.06. The molecule has 3 aliphatic heterocycles. The molecule has 2 fully saturated rings. The van der Waals surface area contributed by atoms with E-state index < -0.39 is 0 Å². The zero-order valence-electron chi connectivity index (χ0n) is 13.1. The maximum absolute atomic E-state index is 12.8. The zero-order valence-corrected chi connectivity index (χ0v) is 13.1. The molecule has 0 aliphatic carbocycles. The Kier molecular flexibility index (Phi) is 3.46. The van der Waals surface area contributed by atoms with E-state index >= 15 is 0 Å². The van der Waals surface area contributed by atoms with Gasteiger partial charge in [0.05, 0.1) is 19.2 Å². The molecular formula is C16H21N3O4+2. The molecule has 1 aromatic carbocycles. The van der Waals surface area contributed by atoms with Gasteiger partial charge in [0.15, 0.2) is 17.5 Å². The van der Waals surface area contributed by atoms with Crippen LogP contribution in [0.15, 0.2) is 18.2 Å². The van der Waals surface area contributed by atoms with Gasteiger partial charge in [-0.3, -0.25) is 9.59 Å². The average Bonchev–Trinajstić information content (AvgIpc) is 3.12. The van der Waals surface area contributed by atoms with Crippen molar-refractivity contribution in [3.05, 3.63) is 18.2 Å². The molecule has 4 rings (SSSR count). The molecule has 0 unspecified atom stereocenters. The van der Waals surface area contributed by atoms with Crippen molar-refractivity contribution in [3.8, 4) is 11.5 Å². The van der Waals surface area contributed by atoms with E-state index in [1.54, 1.807) is 18.2 Å². The van der Waals surface area contributed by atoms with E-state index in [-0.39, 0.29) is 24.6 Å². The van der Waals surface area contributed by atoms with Crippen LogP contribution in [0.25, 0.3) is 0 Å². The lowest BCUT2D eigenvalue weighted by Gasteiger charge is -2.30. The van der Waals surface area contributed by atoms with Gasteiger partial charge in [-0.25, -0.2) is 4.90 Å². The third-order valence-electron chi connectivity index (χ3n) is 5.00. The highest BCUT2D eigenvalue weighted by atomic mass is 16.7. The van der Waals surface area contributed by atoms with E-state index in [1.165, 1.54) is 14.7 Å². The van der Waals surface area contributed by atoms with Crippen molar-refractivity contribution in [2.24, 2.45) is 0 Å². The molecule has 0 radical (unpaired) electrons. The van der Waals surface area contributed by atoms with Crippen LogP contribution in [0.3, 0.4) is 0 Å². The lowest BCUT2D eigenvalue weighted by Crippen LogP contribution is -3.29. The van der Waals surface area contributed by atoms with Crippen LogP contribution in [0, 0.1) is 0 Å². The van der Waals surface area contributed by atoms with Crippen molar-refractivity contribution in [1.29, 1.82) is 0 Å². The second kappa shape index (κ2) is 5.50. The molecule has 3 aliphatic rings. The zero-order chi connectivity index (χ0) is 16.0. The number of benzene rings is 1. The van der Waals surface area contributed by atoms with Crippen LogP contribution in [0.1, 0.15) is 6.42 Å². The molecule has 1 atom stereocenters. The number of likely N-dealkylation sites (N-methyl/N-ethyl adjacent to an activating group) is 1. The minimum atomic E-state index is -0.249. The molecule has 3 heterocycles. The van der Waals surface area contributed by atoms with Gasteiger partial charge < -0.3 is 19.3 Å². The number of nitrogens with zero attached hydrogens (tertiary/aromatic N) is 1. The summed E-state index contributed by atoms with van der Waals surface area (Å²) < 4.78 is 10.6. The van der Waals surface area contributed by atoms with E-state index in [4.69, 9.17) is 9.47 Å². The van der Waals surface area contributed by atoms with Crippen LogP contribution in [-0.4, -0.2) is 57.9 Å². The van der Waals surface area contributed by atoms with Crippen molar-refractivity contribution in [1.82, 2.24) is 0 Å². The second-order valence-corrected chi connectivity index (χ2v) is 6.48. The lowest BCUT2D eigenvalue weighted by atomic mass is 10.2. The molecule has 2 saturated heterocycles. The highest BCUT2D eigenvalue weighted by Gasteiger charge is 2.46. The maximum atomic E-state index is 12.8. The fourth-order valence-corrected chi connectivity index (χ4v) is 3.59. The molecule has 0 spiro atoms. The number of nitrogens with one attached hydrogen (secondary N) is 2. The summed E-state index contributed by atoms with van der Waals surface area (Å²) in [6.07, 6.45) is 0.293. The quantitative estimate of drug-likeness (QED) is 0.590. The number of carbonyl (C=O) groups excluding carboxylic acids is 2. The van der Waals surface area contributed by atoms with Gasteiger partial charge in [0, 0.05) is 6.07 Å². The van der Waals surface area contributed by atoms with Gasteiger partial charge in [0.1, 0.15) is 26.2 Å². The van der Waals surface area contributed by atoms with Gasteiger partial charge in [-0.1, -0.05) is 0 Å². The maximum Gasteiger partial charge on any atom is 0.292 e. The molecule has 23 heavy (non-hydrogen) atoms. The predicted molar refractivity (Wildman–Crippen MR) is 80.8 cm³/mol. The smallest absolute Gasteiger partial charge is 0.292 e. The number of amides is 2. The summed E-state index contributed by atoms with van der Waals surface area (Å²) in [4.78, 5) is 29.2. The first kappa shape index (κ1) is 14.5. The Morgan fingerprint density at radius 2 is 1.83 bits per heavy atom. The molecule has 2 N–H and O–H groups in total. The summed E-state index contributed by atoms with van der Waals surface area (Å²) in [7, 11) is 2.16. The van der Waals surface area contributed by atoms with Crippen LogP contribution in [0.5, 0.6) is 11.5 Å². The van der Waals surface area contributed by atoms with E-state index in [9.17, 15) is 9.59 Å². The van der Waals surface area contributed by atoms with Crippen LogP contribution in [-0.2, 0) is 9.59 Å². The fraction of sp³-hybridized carbons (Fsp3) is 0.500. The van der Waals surface area contributed by atoms with Crippen LogP contribution >= 0.6 is 0 Å². The molecule has 2 amide bonds. The number of rotatable bonds is 2. The van der Waals surface area contributed by atoms with Gasteiger partial charge in [-0.2, -0.15) is 0 Å². The standard InChI is InChI=1S/C16H19N3O4/c1-17-4-6-18(7-5-17)12-9-15(20)19(16(12)21)11-2-3-13-14(8-11)23-10-22-13/h2-3,8,12H,4-7,9-10H2,1H3/p+2/t12-/m0/s1. The number of piperazine rings is 1. The van der Waals surface area contributed by atoms with Gasteiger partial charge >= 0.3 is 0 Å². The molecular weight excluding hydrogens is 298 g/mol. The lowest BCUT2D eigenvalue weighted by molar-refractivity contribution is -1.01. The molecule has 1 aromatic rings. The number of carbonyl (C=O) groups is 2. The topological polar surface area (TPSA) is 64.7 Å². The Morgan fingerprint density at radius 1 is 1.09 bits per heavy atom. The van der Waals surface area contributed by atoms with Crippen LogP contribution < -0.4 is 24.2 Å². The molecule has 7 nitrogen and oxygen atoms in total. The largest absolute Gasteiger partial charge is 0.454 e. The summed E-state index contributed by atoms with van der Waals surface area (Å²) in [5, 5.41) is 0. The Balaban J connectivity index is 1.56. The molecule has 0 saturated carbocycles. The van der Waals surface area contributed by atoms with E-state index in [2.05, 4.69) is 7.05 Å². The first-order chi connectivity index (χ1) is 11.1. The Morgan fingerprint density at radius 3 is 2.61 bits per heavy atom. The third-order valence-corrected chi connectivity index (χ3v) is 5.00. The Hall–Kier alpha value is -2.12.